The summed E-state index contributed by atoms with van der Waals surface area (Å²) in [7, 11) is 0. The normalized spacial score (nSPS) is 13.3. The highest BCUT2D eigenvalue weighted by molar-refractivity contribution is 6.18. The lowest BCUT2D eigenvalue weighted by atomic mass is 10.1. The number of rotatable bonds is 7. The maximum absolute atomic E-state index is 12.7. The fourth-order valence-electron chi connectivity index (χ4n) is 2.72. The average molecular weight is 396 g/mol. The number of benzene rings is 2. The second-order valence-corrected chi connectivity index (χ2v) is 6.01. The van der Waals surface area contributed by atoms with Crippen LogP contribution in [0.25, 0.3) is 0 Å². The van der Waals surface area contributed by atoms with E-state index in [0.29, 0.717) is 5.69 Å². The van der Waals surface area contributed by atoms with E-state index in [1.165, 1.54) is 12.1 Å². The Morgan fingerprint density at radius 2 is 1.86 bits per heavy atom. The van der Waals surface area contributed by atoms with Gasteiger partial charge in [-0.15, -0.1) is 0 Å². The summed E-state index contributed by atoms with van der Waals surface area (Å²) in [4.78, 5) is 48.2. The predicted molar refractivity (Wildman–Crippen MR) is 103 cm³/mol. The molecule has 148 valence electrons. The molecule has 29 heavy (non-hydrogen) atoms. The molecule has 0 fully saturated rings. The minimum Gasteiger partial charge on any atom is -0.395 e. The fourth-order valence-corrected chi connectivity index (χ4v) is 2.72. The Balaban J connectivity index is 1.91. The molecule has 10 nitrogen and oxygen atoms in total. The number of non-ortho nitro benzene ring substituents is 1. The highest BCUT2D eigenvalue weighted by Crippen LogP contribution is 2.26. The van der Waals surface area contributed by atoms with Gasteiger partial charge in [-0.1, -0.05) is 18.2 Å². The van der Waals surface area contributed by atoms with Gasteiger partial charge in [0.25, 0.3) is 23.4 Å². The van der Waals surface area contributed by atoms with E-state index < -0.39 is 22.6 Å². The first-order valence-electron chi connectivity index (χ1n) is 8.51. The number of aliphatic hydroxyl groups excluding tert-OH is 1. The molecule has 3 amide bonds. The quantitative estimate of drug-likeness (QED) is 0.366. The van der Waals surface area contributed by atoms with E-state index in [0.717, 1.165) is 17.0 Å². The summed E-state index contributed by atoms with van der Waals surface area (Å²) < 4.78 is 0. The van der Waals surface area contributed by atoms with Crippen molar-refractivity contribution in [2.24, 2.45) is 0 Å². The van der Waals surface area contributed by atoms with Crippen molar-refractivity contribution < 1.29 is 24.4 Å². The zero-order valence-corrected chi connectivity index (χ0v) is 15.0. The molecular weight excluding hydrogens is 380 g/mol. The molecule has 0 radical (unpaired) electrons. The van der Waals surface area contributed by atoms with Gasteiger partial charge in [-0.25, -0.2) is 0 Å². The molecule has 0 atom stereocenters. The summed E-state index contributed by atoms with van der Waals surface area (Å²) in [6.07, 6.45) is 1.04. The third-order valence-electron chi connectivity index (χ3n) is 4.09. The van der Waals surface area contributed by atoms with E-state index in [4.69, 9.17) is 5.11 Å². The summed E-state index contributed by atoms with van der Waals surface area (Å²) in [5.41, 5.74) is 0.104. The van der Waals surface area contributed by atoms with Crippen molar-refractivity contribution in [3.05, 3.63) is 76.0 Å². The third kappa shape index (κ3) is 4.28. The molecule has 0 bridgehead atoms. The molecular formula is C19H16N4O6. The Hall–Kier alpha value is -4.05. The summed E-state index contributed by atoms with van der Waals surface area (Å²) in [6.45, 7) is -0.554. The highest BCUT2D eigenvalue weighted by atomic mass is 16.6. The Labute approximate surface area is 164 Å². The molecule has 3 N–H and O–H groups in total. The van der Waals surface area contributed by atoms with E-state index in [1.54, 1.807) is 30.3 Å². The molecule has 2 aromatic rings. The van der Waals surface area contributed by atoms with Gasteiger partial charge in [0.15, 0.2) is 0 Å². The minimum absolute atomic E-state index is 0.0789. The topological polar surface area (TPSA) is 142 Å². The van der Waals surface area contributed by atoms with Crippen LogP contribution in [-0.4, -0.2) is 45.8 Å². The van der Waals surface area contributed by atoms with Gasteiger partial charge < -0.3 is 15.7 Å². The first-order valence-corrected chi connectivity index (χ1v) is 8.51. The lowest BCUT2D eigenvalue weighted by Crippen LogP contribution is -2.34. The summed E-state index contributed by atoms with van der Waals surface area (Å²) in [6, 6.07) is 12.0. The Morgan fingerprint density at radius 1 is 1.14 bits per heavy atom. The Bertz CT molecular complexity index is 1020. The molecule has 0 aromatic heterocycles. The first-order chi connectivity index (χ1) is 13.9. The van der Waals surface area contributed by atoms with Crippen LogP contribution in [0.1, 0.15) is 10.4 Å². The van der Waals surface area contributed by atoms with Gasteiger partial charge in [0.2, 0.25) is 0 Å². The zero-order valence-electron chi connectivity index (χ0n) is 15.0. The van der Waals surface area contributed by atoms with Crippen molar-refractivity contribution in [2.75, 3.05) is 23.8 Å². The largest absolute Gasteiger partial charge is 0.395 e. The van der Waals surface area contributed by atoms with Crippen molar-refractivity contribution in [1.29, 1.82) is 0 Å². The van der Waals surface area contributed by atoms with E-state index in [2.05, 4.69) is 10.6 Å². The number of imide groups is 1. The van der Waals surface area contributed by atoms with Crippen molar-refractivity contribution in [3.63, 3.8) is 0 Å². The van der Waals surface area contributed by atoms with Crippen LogP contribution in [0.2, 0.25) is 0 Å². The molecule has 1 aliphatic heterocycles. The van der Waals surface area contributed by atoms with E-state index >= 15 is 0 Å². The smallest absolute Gasteiger partial charge is 0.277 e. The van der Waals surface area contributed by atoms with Crippen LogP contribution in [0.3, 0.4) is 0 Å². The third-order valence-corrected chi connectivity index (χ3v) is 4.09. The molecule has 1 aliphatic rings. The van der Waals surface area contributed by atoms with E-state index in [9.17, 15) is 24.5 Å². The molecule has 1 heterocycles. The van der Waals surface area contributed by atoms with Crippen LogP contribution in [0.4, 0.5) is 17.1 Å². The van der Waals surface area contributed by atoms with Crippen molar-refractivity contribution >= 4 is 34.8 Å². The minimum atomic E-state index is -0.670. The molecule has 3 rings (SSSR count). The van der Waals surface area contributed by atoms with Crippen molar-refractivity contribution in [1.82, 2.24) is 4.90 Å². The first kappa shape index (κ1) is 19.7. The lowest BCUT2D eigenvalue weighted by molar-refractivity contribution is -0.384. The number of para-hydroxylation sites is 1. The molecule has 0 aliphatic carbocycles. The highest BCUT2D eigenvalue weighted by Gasteiger charge is 2.31. The Morgan fingerprint density at radius 3 is 2.52 bits per heavy atom. The van der Waals surface area contributed by atoms with Crippen LogP contribution >= 0.6 is 0 Å². The van der Waals surface area contributed by atoms with Gasteiger partial charge >= 0.3 is 0 Å². The fraction of sp³-hybridized carbons (Fsp3) is 0.105. The number of amides is 3. The van der Waals surface area contributed by atoms with Crippen LogP contribution in [0, 0.1) is 10.1 Å². The number of β-amino-alcohol motifs (C(OH)–C–C–N with tert-alkyl or cyclic N) is 1. The zero-order chi connectivity index (χ0) is 21.0. The van der Waals surface area contributed by atoms with Gasteiger partial charge in [-0.05, 0) is 18.2 Å². The monoisotopic (exact) mass is 396 g/mol. The number of hydrogen-bond donors (Lipinski definition) is 3. The molecule has 10 heteroatoms. The number of hydrogen-bond acceptors (Lipinski definition) is 7. The summed E-state index contributed by atoms with van der Waals surface area (Å²) in [5, 5.41) is 25.4. The number of nitrogens with one attached hydrogen (secondary N) is 2. The van der Waals surface area contributed by atoms with Gasteiger partial charge in [-0.3, -0.25) is 29.4 Å². The number of nitrogens with zero attached hydrogens (tertiary/aromatic N) is 2. The van der Waals surface area contributed by atoms with E-state index in [1.807, 2.05) is 0 Å². The van der Waals surface area contributed by atoms with Crippen molar-refractivity contribution in [3.8, 4) is 0 Å². The predicted octanol–water partition coefficient (Wildman–Crippen LogP) is 1.50. The number of nitro groups is 1. The van der Waals surface area contributed by atoms with Gasteiger partial charge in [0.1, 0.15) is 5.70 Å². The second-order valence-electron chi connectivity index (χ2n) is 6.01. The standard InChI is InChI=1S/C19H16N4O6/c24-9-8-22-17(25)11-16(19(22)27)21-15-7-6-13(23(28)29)10-14(15)18(26)20-12-4-2-1-3-5-12/h1-7,10-11,21,24H,8-9H2,(H,20,26). The molecule has 2 aromatic carbocycles. The number of carbonyl (C=O) groups excluding carboxylic acids is 3. The van der Waals surface area contributed by atoms with Crippen LogP contribution in [0.5, 0.6) is 0 Å². The maximum atomic E-state index is 12.7. The number of anilines is 2. The Kier molecular flexibility index (Phi) is 5.65. The van der Waals surface area contributed by atoms with Crippen LogP contribution in [0.15, 0.2) is 60.3 Å². The SMILES string of the molecule is O=C(Nc1ccccc1)c1cc([N+](=O)[O-])ccc1NC1=CC(=O)N(CCO)C1=O. The molecule has 0 spiro atoms. The summed E-state index contributed by atoms with van der Waals surface area (Å²) in [5.74, 6) is -1.91. The summed E-state index contributed by atoms with van der Waals surface area (Å²) >= 11 is 0. The van der Waals surface area contributed by atoms with Gasteiger partial charge in [0.05, 0.1) is 29.3 Å². The second kappa shape index (κ2) is 8.31. The maximum Gasteiger partial charge on any atom is 0.277 e. The number of carbonyl (C=O) groups is 3. The molecule has 0 saturated heterocycles. The van der Waals surface area contributed by atoms with Crippen LogP contribution < -0.4 is 10.6 Å². The van der Waals surface area contributed by atoms with Crippen LogP contribution in [-0.2, 0) is 9.59 Å². The number of aliphatic hydroxyl groups is 1. The molecule has 0 unspecified atom stereocenters. The van der Waals surface area contributed by atoms with Gasteiger partial charge in [-0.2, -0.15) is 0 Å². The van der Waals surface area contributed by atoms with Crippen molar-refractivity contribution in [2.45, 2.75) is 0 Å². The lowest BCUT2D eigenvalue weighted by Gasteiger charge is -2.15. The molecule has 0 saturated carbocycles. The van der Waals surface area contributed by atoms with E-state index in [-0.39, 0.29) is 35.8 Å². The average Bonchev–Trinajstić information content (AvgIpc) is 2.96. The number of nitro benzene ring substituents is 1. The van der Waals surface area contributed by atoms with Gasteiger partial charge in [0, 0.05) is 23.9 Å².